The summed E-state index contributed by atoms with van der Waals surface area (Å²) in [4.78, 5) is 13.9. The topological polar surface area (TPSA) is 40.5 Å². The van der Waals surface area contributed by atoms with Crippen molar-refractivity contribution in [3.63, 3.8) is 0 Å². The third-order valence-electron chi connectivity index (χ3n) is 3.60. The van der Waals surface area contributed by atoms with Crippen molar-refractivity contribution in [2.75, 3.05) is 13.6 Å². The number of para-hydroxylation sites is 1. The maximum absolute atomic E-state index is 12.2. The second-order valence-corrected chi connectivity index (χ2v) is 5.13. The van der Waals surface area contributed by atoms with Crippen LogP contribution in [0.4, 0.5) is 0 Å². The Morgan fingerprint density at radius 2 is 2.18 bits per heavy atom. The minimum absolute atomic E-state index is 0.0923. The Bertz CT molecular complexity index is 442. The number of aromatic hydroxyl groups is 1. The second kappa shape index (κ2) is 4.40. The molecule has 1 amide bonds. The van der Waals surface area contributed by atoms with Gasteiger partial charge in [-0.1, -0.05) is 19.1 Å². The Morgan fingerprint density at radius 3 is 2.76 bits per heavy atom. The molecule has 2 rings (SSSR count). The predicted octanol–water partition coefficient (Wildman–Crippen LogP) is 2.43. The van der Waals surface area contributed by atoms with Crippen molar-refractivity contribution >= 4 is 5.91 Å². The Kier molecular flexibility index (Phi) is 3.09. The Balaban J connectivity index is 2.10. The number of carbonyl (C=O) groups excluding carboxylic acids is 1. The highest BCUT2D eigenvalue weighted by molar-refractivity contribution is 5.97. The van der Waals surface area contributed by atoms with Crippen LogP contribution in [0.3, 0.4) is 0 Å². The lowest BCUT2D eigenvalue weighted by Crippen LogP contribution is -2.29. The molecule has 3 heteroatoms. The zero-order valence-electron chi connectivity index (χ0n) is 10.6. The highest BCUT2D eigenvalue weighted by Crippen LogP contribution is 2.38. The van der Waals surface area contributed by atoms with Gasteiger partial charge in [-0.3, -0.25) is 4.79 Å². The van der Waals surface area contributed by atoms with Gasteiger partial charge in [0.2, 0.25) is 0 Å². The first kappa shape index (κ1) is 12.0. The fourth-order valence-corrected chi connectivity index (χ4v) is 2.13. The van der Waals surface area contributed by atoms with E-state index in [1.54, 1.807) is 37.1 Å². The van der Waals surface area contributed by atoms with Gasteiger partial charge in [0.1, 0.15) is 5.75 Å². The monoisotopic (exact) mass is 233 g/mol. The first-order valence-electron chi connectivity index (χ1n) is 6.04. The van der Waals surface area contributed by atoms with Crippen LogP contribution in [0, 0.1) is 18.8 Å². The molecule has 1 aliphatic carbocycles. The van der Waals surface area contributed by atoms with E-state index in [2.05, 4.69) is 6.92 Å². The van der Waals surface area contributed by atoms with E-state index in [4.69, 9.17) is 0 Å². The van der Waals surface area contributed by atoms with Crippen LogP contribution in [-0.2, 0) is 0 Å². The van der Waals surface area contributed by atoms with Crippen LogP contribution in [0.25, 0.3) is 0 Å². The number of benzene rings is 1. The smallest absolute Gasteiger partial charge is 0.257 e. The molecule has 2 atom stereocenters. The number of hydrogen-bond acceptors (Lipinski definition) is 2. The molecule has 1 aromatic carbocycles. The molecule has 0 aliphatic heterocycles. The number of phenolic OH excluding ortho intramolecular Hbond substituents is 1. The molecule has 0 heterocycles. The summed E-state index contributed by atoms with van der Waals surface area (Å²) >= 11 is 0. The first-order valence-corrected chi connectivity index (χ1v) is 6.04. The maximum Gasteiger partial charge on any atom is 0.257 e. The molecule has 1 saturated carbocycles. The molecule has 3 nitrogen and oxygen atoms in total. The average Bonchev–Trinajstić information content (AvgIpc) is 2.97. The molecule has 0 spiro atoms. The largest absolute Gasteiger partial charge is 0.507 e. The van der Waals surface area contributed by atoms with Crippen molar-refractivity contribution in [2.45, 2.75) is 20.3 Å². The normalized spacial score (nSPS) is 22.3. The summed E-state index contributed by atoms with van der Waals surface area (Å²) < 4.78 is 0. The summed E-state index contributed by atoms with van der Waals surface area (Å²) in [5.74, 6) is 1.38. The van der Waals surface area contributed by atoms with Crippen LogP contribution in [0.1, 0.15) is 29.3 Å². The van der Waals surface area contributed by atoms with E-state index in [9.17, 15) is 9.90 Å². The summed E-state index contributed by atoms with van der Waals surface area (Å²) in [5, 5.41) is 9.87. The number of nitrogens with zero attached hydrogens (tertiary/aromatic N) is 1. The van der Waals surface area contributed by atoms with E-state index >= 15 is 0 Å². The van der Waals surface area contributed by atoms with Crippen molar-refractivity contribution in [1.82, 2.24) is 4.90 Å². The second-order valence-electron chi connectivity index (χ2n) is 5.13. The Morgan fingerprint density at radius 1 is 1.53 bits per heavy atom. The standard InChI is InChI=1S/C14H19NO2/c1-9-5-4-6-12(13(9)16)14(17)15(3)8-11-7-10(11)2/h4-6,10-11,16H,7-8H2,1-3H3. The number of carbonyl (C=O) groups is 1. The van der Waals surface area contributed by atoms with Crippen LogP contribution in [0.5, 0.6) is 5.75 Å². The third kappa shape index (κ3) is 2.43. The lowest BCUT2D eigenvalue weighted by molar-refractivity contribution is 0.0784. The van der Waals surface area contributed by atoms with Crippen LogP contribution in [0.15, 0.2) is 18.2 Å². The van der Waals surface area contributed by atoms with E-state index in [1.807, 2.05) is 0 Å². The first-order chi connectivity index (χ1) is 8.00. The zero-order chi connectivity index (χ0) is 12.6. The minimum atomic E-state index is -0.0923. The molecule has 1 N–H and O–H groups in total. The van der Waals surface area contributed by atoms with Gasteiger partial charge < -0.3 is 10.0 Å². The van der Waals surface area contributed by atoms with Gasteiger partial charge in [0.25, 0.3) is 5.91 Å². The molecular formula is C14H19NO2. The van der Waals surface area contributed by atoms with Gasteiger partial charge in [-0.25, -0.2) is 0 Å². The number of amides is 1. The van der Waals surface area contributed by atoms with Crippen molar-refractivity contribution < 1.29 is 9.90 Å². The molecule has 1 aliphatic rings. The van der Waals surface area contributed by atoms with Crippen molar-refractivity contribution in [3.05, 3.63) is 29.3 Å². The molecule has 0 saturated heterocycles. The average molecular weight is 233 g/mol. The number of aryl methyl sites for hydroxylation is 1. The van der Waals surface area contributed by atoms with Gasteiger partial charge in [0, 0.05) is 13.6 Å². The van der Waals surface area contributed by atoms with Gasteiger partial charge in [0.15, 0.2) is 0 Å². The molecular weight excluding hydrogens is 214 g/mol. The predicted molar refractivity (Wildman–Crippen MR) is 67.1 cm³/mol. The third-order valence-corrected chi connectivity index (χ3v) is 3.60. The van der Waals surface area contributed by atoms with Gasteiger partial charge in [-0.2, -0.15) is 0 Å². The molecule has 1 aromatic rings. The number of phenols is 1. The zero-order valence-corrected chi connectivity index (χ0v) is 10.6. The van der Waals surface area contributed by atoms with Crippen LogP contribution < -0.4 is 0 Å². The molecule has 0 radical (unpaired) electrons. The SMILES string of the molecule is Cc1cccc(C(=O)N(C)CC2CC2C)c1O. The van der Waals surface area contributed by atoms with Gasteiger partial charge in [0.05, 0.1) is 5.56 Å². The van der Waals surface area contributed by atoms with E-state index in [-0.39, 0.29) is 11.7 Å². The highest BCUT2D eigenvalue weighted by Gasteiger charge is 2.34. The van der Waals surface area contributed by atoms with Gasteiger partial charge in [-0.15, -0.1) is 0 Å². The minimum Gasteiger partial charge on any atom is -0.507 e. The fraction of sp³-hybridized carbons (Fsp3) is 0.500. The molecule has 1 fully saturated rings. The quantitative estimate of drug-likeness (QED) is 0.871. The molecule has 17 heavy (non-hydrogen) atoms. The van der Waals surface area contributed by atoms with E-state index in [0.717, 1.165) is 18.0 Å². The van der Waals surface area contributed by atoms with Crippen molar-refractivity contribution in [2.24, 2.45) is 11.8 Å². The lowest BCUT2D eigenvalue weighted by atomic mass is 10.1. The summed E-state index contributed by atoms with van der Waals surface area (Å²) in [6.07, 6.45) is 1.21. The van der Waals surface area contributed by atoms with E-state index in [1.165, 1.54) is 6.42 Å². The van der Waals surface area contributed by atoms with Crippen LogP contribution >= 0.6 is 0 Å². The van der Waals surface area contributed by atoms with E-state index in [0.29, 0.717) is 11.5 Å². The lowest BCUT2D eigenvalue weighted by Gasteiger charge is -2.18. The number of rotatable bonds is 3. The molecule has 92 valence electrons. The van der Waals surface area contributed by atoms with E-state index < -0.39 is 0 Å². The van der Waals surface area contributed by atoms with Crippen molar-refractivity contribution in [3.8, 4) is 5.75 Å². The summed E-state index contributed by atoms with van der Waals surface area (Å²) in [7, 11) is 1.80. The number of hydrogen-bond donors (Lipinski definition) is 1. The van der Waals surface area contributed by atoms with Crippen LogP contribution in [-0.4, -0.2) is 29.5 Å². The van der Waals surface area contributed by atoms with Gasteiger partial charge >= 0.3 is 0 Å². The molecule has 0 bridgehead atoms. The van der Waals surface area contributed by atoms with Crippen LogP contribution in [0.2, 0.25) is 0 Å². The van der Waals surface area contributed by atoms with Crippen molar-refractivity contribution in [1.29, 1.82) is 0 Å². The summed E-state index contributed by atoms with van der Waals surface area (Å²) in [6, 6.07) is 5.28. The Labute approximate surface area is 102 Å². The highest BCUT2D eigenvalue weighted by atomic mass is 16.3. The summed E-state index contributed by atoms with van der Waals surface area (Å²) in [6.45, 7) is 4.79. The fourth-order valence-electron chi connectivity index (χ4n) is 2.13. The summed E-state index contributed by atoms with van der Waals surface area (Å²) in [5.41, 5.74) is 1.14. The maximum atomic E-state index is 12.2. The molecule has 0 aromatic heterocycles. The molecule has 2 unspecified atom stereocenters. The van der Waals surface area contributed by atoms with Gasteiger partial charge in [-0.05, 0) is 36.8 Å². The Hall–Kier alpha value is -1.51.